The van der Waals surface area contributed by atoms with Gasteiger partial charge in [-0.05, 0) is 54.0 Å². The Morgan fingerprint density at radius 2 is 1.97 bits per heavy atom. The Morgan fingerprint density at radius 3 is 2.77 bits per heavy atom. The second-order valence-corrected chi connectivity index (χ2v) is 9.49. The number of ether oxygens (including phenoxy) is 2. The number of carbonyl (C=O) groups is 1. The number of nitrogens with one attached hydrogen (secondary N) is 1. The van der Waals surface area contributed by atoms with E-state index in [1.807, 2.05) is 4.90 Å². The molecule has 0 unspecified atom stereocenters. The Hall–Kier alpha value is -3.01. The molecule has 0 radical (unpaired) electrons. The van der Waals surface area contributed by atoms with Gasteiger partial charge in [-0.2, -0.15) is 0 Å². The zero-order valence-electron chi connectivity index (χ0n) is 19.9. The zero-order chi connectivity index (χ0) is 24.4. The van der Waals surface area contributed by atoms with Crippen molar-refractivity contribution in [3.8, 4) is 5.75 Å². The van der Waals surface area contributed by atoms with Crippen LogP contribution in [0.4, 0.5) is 0 Å². The van der Waals surface area contributed by atoms with E-state index in [4.69, 9.17) is 21.7 Å². The highest BCUT2D eigenvalue weighted by Gasteiger charge is 2.23. The van der Waals surface area contributed by atoms with E-state index in [0.717, 1.165) is 38.4 Å². The average molecular weight is 495 g/mol. The summed E-state index contributed by atoms with van der Waals surface area (Å²) in [6.45, 7) is 5.67. The van der Waals surface area contributed by atoms with Crippen molar-refractivity contribution >= 4 is 29.0 Å². The third-order valence-electron chi connectivity index (χ3n) is 6.78. The summed E-state index contributed by atoms with van der Waals surface area (Å²) in [5, 5.41) is 0.525. The lowest BCUT2D eigenvalue weighted by Gasteiger charge is -2.35. The molecule has 5 rings (SSSR count). The van der Waals surface area contributed by atoms with Gasteiger partial charge in [0.25, 0.3) is 11.5 Å². The van der Waals surface area contributed by atoms with Gasteiger partial charge < -0.3 is 19.4 Å². The van der Waals surface area contributed by atoms with Crippen LogP contribution in [0.3, 0.4) is 0 Å². The number of aromatic amines is 1. The number of rotatable bonds is 7. The molecule has 0 aliphatic carbocycles. The minimum absolute atomic E-state index is 0.0233. The molecule has 1 amide bonds. The van der Waals surface area contributed by atoms with E-state index in [2.05, 4.69) is 28.1 Å². The van der Waals surface area contributed by atoms with Crippen molar-refractivity contribution in [3.05, 3.63) is 68.2 Å². The third-order valence-corrected chi connectivity index (χ3v) is 7.10. The second-order valence-electron chi connectivity index (χ2n) is 9.10. The van der Waals surface area contributed by atoms with E-state index in [0.29, 0.717) is 53.9 Å². The van der Waals surface area contributed by atoms with Crippen molar-refractivity contribution in [2.45, 2.75) is 25.9 Å². The molecule has 1 aromatic heterocycles. The van der Waals surface area contributed by atoms with Crippen LogP contribution < -0.4 is 10.3 Å². The van der Waals surface area contributed by atoms with E-state index < -0.39 is 0 Å². The number of piperazine rings is 1. The number of hydrogen-bond donors (Lipinski definition) is 1. The quantitative estimate of drug-likeness (QED) is 0.402. The van der Waals surface area contributed by atoms with Gasteiger partial charge in [-0.1, -0.05) is 12.1 Å². The molecule has 2 aliphatic rings. The van der Waals surface area contributed by atoms with E-state index in [1.54, 1.807) is 29.9 Å². The zero-order valence-corrected chi connectivity index (χ0v) is 20.7. The van der Waals surface area contributed by atoms with Crippen LogP contribution in [-0.2, 0) is 24.2 Å². The first-order chi connectivity index (χ1) is 17.0. The van der Waals surface area contributed by atoms with Crippen molar-refractivity contribution in [2.75, 3.05) is 46.5 Å². The summed E-state index contributed by atoms with van der Waals surface area (Å²) in [5.41, 5.74) is 3.57. The number of benzene rings is 2. The van der Waals surface area contributed by atoms with Gasteiger partial charge >= 0.3 is 0 Å². The number of methoxy groups -OCH3 is 1. The van der Waals surface area contributed by atoms with E-state index in [9.17, 15) is 9.59 Å². The number of hydrogen-bond acceptors (Lipinski definition) is 6. The van der Waals surface area contributed by atoms with Gasteiger partial charge in [0.05, 0.1) is 17.5 Å². The van der Waals surface area contributed by atoms with Gasteiger partial charge in [-0.25, -0.2) is 0 Å². The first kappa shape index (κ1) is 23.7. The second kappa shape index (κ2) is 10.3. The van der Waals surface area contributed by atoms with Gasteiger partial charge in [0.15, 0.2) is 4.77 Å². The van der Waals surface area contributed by atoms with E-state index in [-0.39, 0.29) is 11.5 Å². The highest BCUT2D eigenvalue weighted by molar-refractivity contribution is 7.71. The van der Waals surface area contributed by atoms with Gasteiger partial charge in [-0.3, -0.25) is 19.1 Å². The van der Waals surface area contributed by atoms with Crippen LogP contribution in [0.2, 0.25) is 0 Å². The monoisotopic (exact) mass is 494 g/mol. The molecule has 2 aliphatic heterocycles. The van der Waals surface area contributed by atoms with Crippen LogP contribution in [0.1, 0.15) is 27.9 Å². The fourth-order valence-electron chi connectivity index (χ4n) is 4.85. The van der Waals surface area contributed by atoms with Gasteiger partial charge in [-0.15, -0.1) is 0 Å². The smallest absolute Gasteiger partial charge is 0.262 e. The minimum Gasteiger partial charge on any atom is -0.493 e. The number of amides is 1. The molecule has 3 heterocycles. The number of carbonyl (C=O) groups excluding carboxylic acids is 1. The molecule has 0 atom stereocenters. The first-order valence-electron chi connectivity index (χ1n) is 12.1. The normalized spacial score (nSPS) is 15.9. The van der Waals surface area contributed by atoms with Gasteiger partial charge in [0, 0.05) is 65.0 Å². The van der Waals surface area contributed by atoms with Crippen LogP contribution in [0.5, 0.6) is 5.75 Å². The Bertz CT molecular complexity index is 1360. The van der Waals surface area contributed by atoms with Crippen molar-refractivity contribution in [2.24, 2.45) is 0 Å². The van der Waals surface area contributed by atoms with Crippen LogP contribution in [-0.4, -0.2) is 71.8 Å². The molecule has 0 saturated carbocycles. The summed E-state index contributed by atoms with van der Waals surface area (Å²) in [6.07, 6.45) is 1.67. The predicted octanol–water partition coefficient (Wildman–Crippen LogP) is 2.99. The molecule has 0 spiro atoms. The summed E-state index contributed by atoms with van der Waals surface area (Å²) in [7, 11) is 1.63. The summed E-state index contributed by atoms with van der Waals surface area (Å²) in [5.74, 6) is 0.981. The molecule has 1 fully saturated rings. The maximum Gasteiger partial charge on any atom is 0.262 e. The molecular weight excluding hydrogens is 464 g/mol. The van der Waals surface area contributed by atoms with Gasteiger partial charge in [0.2, 0.25) is 0 Å². The summed E-state index contributed by atoms with van der Waals surface area (Å²) in [6, 6.07) is 11.6. The molecule has 8 nitrogen and oxygen atoms in total. The number of H-pyrrole nitrogens is 1. The minimum atomic E-state index is -0.148. The molecule has 1 N–H and O–H groups in total. The molecule has 3 aromatic rings. The predicted molar refractivity (Wildman–Crippen MR) is 137 cm³/mol. The SMILES string of the molecule is COCCCn1c(=S)[nH]c2cc(C(=O)N3CCN(Cc4ccc5c(c4)CCO5)CC3)ccc2c1=O. The van der Waals surface area contributed by atoms with Crippen molar-refractivity contribution in [1.29, 1.82) is 0 Å². The lowest BCUT2D eigenvalue weighted by atomic mass is 10.1. The summed E-state index contributed by atoms with van der Waals surface area (Å²) >= 11 is 5.40. The standard InChI is InChI=1S/C26H30N4O4S/c1-33-13-2-8-30-25(32)21-5-4-20(16-22(21)27-26(30)35)24(31)29-11-9-28(10-12-29)17-18-3-6-23-19(15-18)7-14-34-23/h3-6,15-16H,2,7-14,17H2,1H3,(H,27,35). The third kappa shape index (κ3) is 5.03. The molecule has 9 heteroatoms. The lowest BCUT2D eigenvalue weighted by Crippen LogP contribution is -2.48. The fraction of sp³-hybridized carbons (Fsp3) is 0.423. The molecule has 2 aromatic carbocycles. The Kier molecular flexibility index (Phi) is 6.99. The lowest BCUT2D eigenvalue weighted by molar-refractivity contribution is 0.0628. The highest BCUT2D eigenvalue weighted by Crippen LogP contribution is 2.26. The van der Waals surface area contributed by atoms with E-state index >= 15 is 0 Å². The molecule has 1 saturated heterocycles. The summed E-state index contributed by atoms with van der Waals surface area (Å²) < 4.78 is 12.6. The average Bonchev–Trinajstić information content (AvgIpc) is 3.34. The van der Waals surface area contributed by atoms with Crippen LogP contribution in [0.25, 0.3) is 10.9 Å². The van der Waals surface area contributed by atoms with E-state index in [1.165, 1.54) is 11.1 Å². The maximum atomic E-state index is 13.2. The van der Waals surface area contributed by atoms with Crippen molar-refractivity contribution in [1.82, 2.24) is 19.4 Å². The molecule has 184 valence electrons. The Balaban J connectivity index is 1.24. The highest BCUT2D eigenvalue weighted by atomic mass is 32.1. The number of aromatic nitrogens is 2. The Labute approximate surface area is 209 Å². The molecule has 0 bridgehead atoms. The fourth-order valence-corrected chi connectivity index (χ4v) is 5.13. The van der Waals surface area contributed by atoms with Crippen LogP contribution in [0.15, 0.2) is 41.2 Å². The molecular formula is C26H30N4O4S. The van der Waals surface area contributed by atoms with Crippen LogP contribution >= 0.6 is 12.2 Å². The van der Waals surface area contributed by atoms with Crippen molar-refractivity contribution in [3.63, 3.8) is 0 Å². The summed E-state index contributed by atoms with van der Waals surface area (Å²) in [4.78, 5) is 33.5. The number of fused-ring (bicyclic) bond motifs is 2. The first-order valence-corrected chi connectivity index (χ1v) is 12.5. The molecule has 35 heavy (non-hydrogen) atoms. The number of nitrogens with zero attached hydrogens (tertiary/aromatic N) is 3. The topological polar surface area (TPSA) is 79.8 Å². The van der Waals surface area contributed by atoms with Gasteiger partial charge in [0.1, 0.15) is 5.75 Å². The Morgan fingerprint density at radius 1 is 1.14 bits per heavy atom. The van der Waals surface area contributed by atoms with Crippen LogP contribution in [0, 0.1) is 4.77 Å². The maximum absolute atomic E-state index is 13.2. The van der Waals surface area contributed by atoms with Crippen molar-refractivity contribution < 1.29 is 14.3 Å². The largest absolute Gasteiger partial charge is 0.493 e.